The summed E-state index contributed by atoms with van der Waals surface area (Å²) in [6.45, 7) is 8.19. The fourth-order valence-electron chi connectivity index (χ4n) is 2.55. The van der Waals surface area contributed by atoms with Crippen molar-refractivity contribution in [3.8, 4) is 0 Å². The van der Waals surface area contributed by atoms with E-state index in [1.807, 2.05) is 0 Å². The minimum atomic E-state index is 0.705. The fourth-order valence-corrected chi connectivity index (χ4v) is 2.55. The first-order chi connectivity index (χ1) is 6.68. The van der Waals surface area contributed by atoms with Crippen LogP contribution in [-0.2, 0) is 0 Å². The van der Waals surface area contributed by atoms with Crippen molar-refractivity contribution in [3.63, 3.8) is 0 Å². The van der Waals surface area contributed by atoms with Crippen molar-refractivity contribution in [2.45, 2.75) is 65.3 Å². The van der Waals surface area contributed by atoms with E-state index in [0.717, 1.165) is 11.8 Å². The maximum Gasteiger partial charge on any atom is 0.00412 e. The third-order valence-electron chi connectivity index (χ3n) is 3.30. The van der Waals surface area contributed by atoms with Gasteiger partial charge in [-0.05, 0) is 44.6 Å². The predicted octanol–water partition coefficient (Wildman–Crippen LogP) is 3.59. The highest BCUT2D eigenvalue weighted by Gasteiger charge is 2.14. The number of nitrogens with one attached hydrogen (secondary N) is 1. The van der Waals surface area contributed by atoms with E-state index in [1.165, 1.54) is 45.1 Å². The minimum Gasteiger partial charge on any atom is -0.314 e. The van der Waals surface area contributed by atoms with Gasteiger partial charge in [0.2, 0.25) is 0 Å². The summed E-state index contributed by atoms with van der Waals surface area (Å²) in [5.41, 5.74) is 0. The molecule has 1 unspecified atom stereocenters. The lowest BCUT2D eigenvalue weighted by Gasteiger charge is -2.24. The van der Waals surface area contributed by atoms with Crippen LogP contribution in [0, 0.1) is 11.8 Å². The monoisotopic (exact) mass is 197 g/mol. The van der Waals surface area contributed by atoms with E-state index in [-0.39, 0.29) is 0 Å². The van der Waals surface area contributed by atoms with Crippen molar-refractivity contribution in [3.05, 3.63) is 0 Å². The highest BCUT2D eigenvalue weighted by atomic mass is 14.9. The van der Waals surface area contributed by atoms with Crippen LogP contribution in [0.3, 0.4) is 0 Å². The molecule has 1 fully saturated rings. The molecule has 0 aromatic rings. The van der Waals surface area contributed by atoms with Crippen LogP contribution >= 0.6 is 0 Å². The zero-order chi connectivity index (χ0) is 10.4. The molecule has 1 aliphatic rings. The molecule has 1 nitrogen and oxygen atoms in total. The first kappa shape index (κ1) is 12.0. The molecule has 0 heterocycles. The first-order valence-electron chi connectivity index (χ1n) is 6.42. The molecule has 0 bridgehead atoms. The number of hydrogen-bond acceptors (Lipinski definition) is 1. The predicted molar refractivity (Wildman–Crippen MR) is 63.5 cm³/mol. The molecule has 1 rings (SSSR count). The Bertz CT molecular complexity index is 136. The second-order valence-corrected chi connectivity index (χ2v) is 5.44. The summed E-state index contributed by atoms with van der Waals surface area (Å²) in [5, 5.41) is 3.68. The zero-order valence-corrected chi connectivity index (χ0v) is 10.2. The Balaban J connectivity index is 2.06. The van der Waals surface area contributed by atoms with Crippen LogP contribution in [0.15, 0.2) is 0 Å². The van der Waals surface area contributed by atoms with Gasteiger partial charge in [-0.2, -0.15) is 0 Å². The lowest BCUT2D eigenvalue weighted by Crippen LogP contribution is -2.32. The summed E-state index contributed by atoms with van der Waals surface area (Å²) in [5.74, 6) is 1.79. The molecular formula is C13H27N. The Morgan fingerprint density at radius 2 is 1.71 bits per heavy atom. The maximum atomic E-state index is 3.68. The first-order valence-corrected chi connectivity index (χ1v) is 6.42. The van der Waals surface area contributed by atoms with E-state index in [1.54, 1.807) is 0 Å². The molecule has 14 heavy (non-hydrogen) atoms. The van der Waals surface area contributed by atoms with Gasteiger partial charge in [0.1, 0.15) is 0 Å². The highest BCUT2D eigenvalue weighted by molar-refractivity contribution is 4.71. The number of rotatable bonds is 5. The summed E-state index contributed by atoms with van der Waals surface area (Å²) in [6.07, 6.45) is 8.63. The highest BCUT2D eigenvalue weighted by Crippen LogP contribution is 2.23. The minimum absolute atomic E-state index is 0.705. The second-order valence-electron chi connectivity index (χ2n) is 5.44. The normalized spacial score (nSPS) is 21.4. The van der Waals surface area contributed by atoms with Crippen LogP contribution in [0.2, 0.25) is 0 Å². The summed E-state index contributed by atoms with van der Waals surface area (Å²) in [7, 11) is 0. The van der Waals surface area contributed by atoms with Gasteiger partial charge in [0.15, 0.2) is 0 Å². The Labute approximate surface area is 89.7 Å². The van der Waals surface area contributed by atoms with Crippen LogP contribution in [0.25, 0.3) is 0 Å². The number of hydrogen-bond donors (Lipinski definition) is 1. The molecule has 1 saturated carbocycles. The van der Waals surface area contributed by atoms with Crippen molar-refractivity contribution in [2.75, 3.05) is 6.54 Å². The van der Waals surface area contributed by atoms with E-state index in [0.29, 0.717) is 6.04 Å². The van der Waals surface area contributed by atoms with E-state index in [2.05, 4.69) is 26.1 Å². The third kappa shape index (κ3) is 4.99. The molecule has 1 heteroatoms. The van der Waals surface area contributed by atoms with Gasteiger partial charge in [0.05, 0.1) is 0 Å². The van der Waals surface area contributed by atoms with Gasteiger partial charge in [-0.1, -0.05) is 33.1 Å². The summed E-state index contributed by atoms with van der Waals surface area (Å²) >= 11 is 0. The molecule has 0 aromatic carbocycles. The Morgan fingerprint density at radius 1 is 1.07 bits per heavy atom. The molecule has 0 aliphatic heterocycles. The van der Waals surface area contributed by atoms with E-state index < -0.39 is 0 Å². The van der Waals surface area contributed by atoms with Crippen LogP contribution in [0.4, 0.5) is 0 Å². The van der Waals surface area contributed by atoms with Gasteiger partial charge in [0, 0.05) is 6.04 Å². The SMILES string of the molecule is CC(C)CC(C)NCC1CCCCC1. The molecule has 84 valence electrons. The van der Waals surface area contributed by atoms with Crippen molar-refractivity contribution < 1.29 is 0 Å². The van der Waals surface area contributed by atoms with Gasteiger partial charge in [-0.25, -0.2) is 0 Å². The molecular weight excluding hydrogens is 170 g/mol. The van der Waals surface area contributed by atoms with Crippen LogP contribution in [-0.4, -0.2) is 12.6 Å². The quantitative estimate of drug-likeness (QED) is 0.710. The van der Waals surface area contributed by atoms with Crippen molar-refractivity contribution in [1.29, 1.82) is 0 Å². The molecule has 0 aromatic heterocycles. The Morgan fingerprint density at radius 3 is 2.29 bits per heavy atom. The second kappa shape index (κ2) is 6.44. The largest absolute Gasteiger partial charge is 0.314 e. The molecule has 0 radical (unpaired) electrons. The van der Waals surface area contributed by atoms with E-state index in [4.69, 9.17) is 0 Å². The van der Waals surface area contributed by atoms with Gasteiger partial charge in [-0.3, -0.25) is 0 Å². The lowest BCUT2D eigenvalue weighted by atomic mass is 9.89. The van der Waals surface area contributed by atoms with Crippen LogP contribution in [0.1, 0.15) is 59.3 Å². The van der Waals surface area contributed by atoms with Crippen molar-refractivity contribution in [1.82, 2.24) is 5.32 Å². The topological polar surface area (TPSA) is 12.0 Å². The van der Waals surface area contributed by atoms with E-state index in [9.17, 15) is 0 Å². The van der Waals surface area contributed by atoms with Crippen molar-refractivity contribution in [2.24, 2.45) is 11.8 Å². The molecule has 0 spiro atoms. The lowest BCUT2D eigenvalue weighted by molar-refractivity contribution is 0.320. The summed E-state index contributed by atoms with van der Waals surface area (Å²) in [4.78, 5) is 0. The van der Waals surface area contributed by atoms with Gasteiger partial charge in [-0.15, -0.1) is 0 Å². The van der Waals surface area contributed by atoms with Crippen molar-refractivity contribution >= 4 is 0 Å². The van der Waals surface area contributed by atoms with Gasteiger partial charge >= 0.3 is 0 Å². The zero-order valence-electron chi connectivity index (χ0n) is 10.2. The average molecular weight is 197 g/mol. The molecule has 0 amide bonds. The maximum absolute atomic E-state index is 3.68. The van der Waals surface area contributed by atoms with E-state index >= 15 is 0 Å². The average Bonchev–Trinajstić information content (AvgIpc) is 2.15. The standard InChI is InChI=1S/C13H27N/c1-11(2)9-12(3)14-10-13-7-5-4-6-8-13/h11-14H,4-10H2,1-3H3. The Kier molecular flexibility index (Phi) is 5.54. The van der Waals surface area contributed by atoms with Gasteiger partial charge in [0.25, 0.3) is 0 Å². The summed E-state index contributed by atoms with van der Waals surface area (Å²) < 4.78 is 0. The van der Waals surface area contributed by atoms with Crippen LogP contribution in [0.5, 0.6) is 0 Å². The van der Waals surface area contributed by atoms with Gasteiger partial charge < -0.3 is 5.32 Å². The smallest absolute Gasteiger partial charge is 0.00412 e. The molecule has 1 aliphatic carbocycles. The summed E-state index contributed by atoms with van der Waals surface area (Å²) in [6, 6.07) is 0.705. The third-order valence-corrected chi connectivity index (χ3v) is 3.30. The fraction of sp³-hybridized carbons (Fsp3) is 1.00. The molecule has 0 saturated heterocycles. The molecule has 1 atom stereocenters. The molecule has 1 N–H and O–H groups in total. The Hall–Kier alpha value is -0.0400. The van der Waals surface area contributed by atoms with Crippen LogP contribution < -0.4 is 5.32 Å².